The Hall–Kier alpha value is -3.09. The van der Waals surface area contributed by atoms with Crippen LogP contribution >= 0.6 is 0 Å². The molecule has 0 radical (unpaired) electrons. The molecule has 3 aromatic heterocycles. The standard InChI is InChI=1S/C16H12FN5O/c1-2-21-8-7-13-14(16(21)23)19-20-15-12(9-18-22(13)15)10-3-5-11(17)6-4-10/h3-9H,2H2,1H3. The van der Waals surface area contributed by atoms with E-state index in [1.54, 1.807) is 39.7 Å². The summed E-state index contributed by atoms with van der Waals surface area (Å²) in [6.07, 6.45) is 3.35. The molecule has 0 aliphatic heterocycles. The number of benzene rings is 1. The molecule has 0 atom stereocenters. The van der Waals surface area contributed by atoms with Gasteiger partial charge in [0.1, 0.15) is 11.3 Å². The van der Waals surface area contributed by atoms with Crippen molar-refractivity contribution >= 4 is 16.7 Å². The van der Waals surface area contributed by atoms with Gasteiger partial charge >= 0.3 is 0 Å². The van der Waals surface area contributed by atoms with Gasteiger partial charge in [0.25, 0.3) is 5.56 Å². The van der Waals surface area contributed by atoms with Crippen molar-refractivity contribution in [3.8, 4) is 11.1 Å². The number of pyridine rings is 1. The summed E-state index contributed by atoms with van der Waals surface area (Å²) >= 11 is 0. The monoisotopic (exact) mass is 309 g/mol. The summed E-state index contributed by atoms with van der Waals surface area (Å²) in [7, 11) is 0. The summed E-state index contributed by atoms with van der Waals surface area (Å²) in [6, 6.07) is 7.88. The van der Waals surface area contributed by atoms with Crippen molar-refractivity contribution < 1.29 is 4.39 Å². The lowest BCUT2D eigenvalue weighted by atomic mass is 10.1. The molecular weight excluding hydrogens is 297 g/mol. The topological polar surface area (TPSA) is 65.1 Å². The normalized spacial score (nSPS) is 11.4. The number of aromatic nitrogens is 5. The summed E-state index contributed by atoms with van der Waals surface area (Å²) in [4.78, 5) is 12.3. The predicted molar refractivity (Wildman–Crippen MR) is 83.6 cm³/mol. The molecule has 0 amide bonds. The maximum absolute atomic E-state index is 13.1. The number of halogens is 1. The quantitative estimate of drug-likeness (QED) is 0.570. The first kappa shape index (κ1) is 13.6. The zero-order valence-electron chi connectivity index (χ0n) is 12.3. The number of hydrogen-bond acceptors (Lipinski definition) is 4. The van der Waals surface area contributed by atoms with Crippen LogP contribution in [0.2, 0.25) is 0 Å². The molecule has 114 valence electrons. The number of rotatable bonds is 2. The summed E-state index contributed by atoms with van der Waals surface area (Å²) in [5.41, 5.74) is 2.72. The van der Waals surface area contributed by atoms with Crippen LogP contribution in [-0.4, -0.2) is 24.4 Å². The largest absolute Gasteiger partial charge is 0.314 e. The molecule has 0 spiro atoms. The van der Waals surface area contributed by atoms with Gasteiger partial charge in [-0.05, 0) is 30.7 Å². The number of fused-ring (bicyclic) bond motifs is 3. The van der Waals surface area contributed by atoms with Gasteiger partial charge in [-0.2, -0.15) is 5.10 Å². The van der Waals surface area contributed by atoms with Gasteiger partial charge in [-0.3, -0.25) is 4.79 Å². The van der Waals surface area contributed by atoms with Gasteiger partial charge in [0.15, 0.2) is 11.2 Å². The molecule has 1 aromatic carbocycles. The van der Waals surface area contributed by atoms with Crippen molar-refractivity contribution in [2.45, 2.75) is 13.5 Å². The Bertz CT molecular complexity index is 1080. The summed E-state index contributed by atoms with van der Waals surface area (Å²) in [6.45, 7) is 2.45. The van der Waals surface area contributed by atoms with Crippen LogP contribution in [0.4, 0.5) is 4.39 Å². The molecule has 0 bridgehead atoms. The molecule has 0 unspecified atom stereocenters. The third kappa shape index (κ3) is 2.01. The van der Waals surface area contributed by atoms with E-state index in [0.29, 0.717) is 17.7 Å². The van der Waals surface area contributed by atoms with E-state index < -0.39 is 0 Å². The van der Waals surface area contributed by atoms with Gasteiger partial charge in [0.05, 0.1) is 6.20 Å². The zero-order chi connectivity index (χ0) is 16.0. The zero-order valence-corrected chi connectivity index (χ0v) is 12.3. The fraction of sp³-hybridized carbons (Fsp3) is 0.125. The number of nitrogens with zero attached hydrogens (tertiary/aromatic N) is 5. The molecule has 0 N–H and O–H groups in total. The minimum absolute atomic E-state index is 0.196. The van der Waals surface area contributed by atoms with Crippen molar-refractivity contribution in [1.29, 1.82) is 0 Å². The summed E-state index contributed by atoms with van der Waals surface area (Å²) in [5.74, 6) is -0.304. The van der Waals surface area contributed by atoms with Crippen molar-refractivity contribution in [1.82, 2.24) is 24.4 Å². The van der Waals surface area contributed by atoms with Crippen molar-refractivity contribution in [3.05, 3.63) is 58.9 Å². The van der Waals surface area contributed by atoms with Crippen molar-refractivity contribution in [3.63, 3.8) is 0 Å². The predicted octanol–water partition coefficient (Wildman–Crippen LogP) is 2.27. The molecule has 3 heterocycles. The lowest BCUT2D eigenvalue weighted by Crippen LogP contribution is -2.20. The highest BCUT2D eigenvalue weighted by atomic mass is 19.1. The van der Waals surface area contributed by atoms with Gasteiger partial charge in [-0.1, -0.05) is 12.1 Å². The van der Waals surface area contributed by atoms with Crippen LogP contribution in [0.25, 0.3) is 27.8 Å². The Balaban J connectivity index is 2.01. The highest BCUT2D eigenvalue weighted by molar-refractivity contribution is 5.82. The lowest BCUT2D eigenvalue weighted by Gasteiger charge is -2.04. The Kier molecular flexibility index (Phi) is 2.94. The second kappa shape index (κ2) is 4.98. The van der Waals surface area contributed by atoms with Crippen LogP contribution in [0.3, 0.4) is 0 Å². The Morgan fingerprint density at radius 1 is 1.13 bits per heavy atom. The van der Waals surface area contributed by atoms with E-state index in [1.165, 1.54) is 12.1 Å². The minimum Gasteiger partial charge on any atom is -0.314 e. The maximum atomic E-state index is 13.1. The minimum atomic E-state index is -0.304. The fourth-order valence-corrected chi connectivity index (χ4v) is 2.61. The maximum Gasteiger partial charge on any atom is 0.280 e. The van der Waals surface area contributed by atoms with Gasteiger partial charge in [0.2, 0.25) is 0 Å². The van der Waals surface area contributed by atoms with E-state index in [1.807, 2.05) is 6.92 Å². The molecule has 0 saturated carbocycles. The lowest BCUT2D eigenvalue weighted by molar-refractivity contribution is 0.628. The Morgan fingerprint density at radius 3 is 2.65 bits per heavy atom. The molecule has 0 fully saturated rings. The van der Waals surface area contributed by atoms with Gasteiger partial charge in [-0.25, -0.2) is 8.91 Å². The van der Waals surface area contributed by atoms with Crippen LogP contribution in [-0.2, 0) is 6.54 Å². The average Bonchev–Trinajstić information content (AvgIpc) is 3.00. The summed E-state index contributed by atoms with van der Waals surface area (Å²) < 4.78 is 16.2. The Morgan fingerprint density at radius 2 is 1.91 bits per heavy atom. The molecule has 0 aliphatic rings. The first-order valence-corrected chi connectivity index (χ1v) is 7.18. The number of hydrogen-bond donors (Lipinski definition) is 0. The molecule has 4 aromatic rings. The molecule has 23 heavy (non-hydrogen) atoms. The fourth-order valence-electron chi connectivity index (χ4n) is 2.61. The van der Waals surface area contributed by atoms with Gasteiger partial charge in [0, 0.05) is 18.3 Å². The van der Waals surface area contributed by atoms with Crippen LogP contribution in [0.5, 0.6) is 0 Å². The van der Waals surface area contributed by atoms with Crippen LogP contribution < -0.4 is 5.56 Å². The van der Waals surface area contributed by atoms with Crippen LogP contribution in [0.15, 0.2) is 47.5 Å². The average molecular weight is 309 g/mol. The molecule has 6 nitrogen and oxygen atoms in total. The molecule has 7 heteroatoms. The van der Waals surface area contributed by atoms with Crippen LogP contribution in [0.1, 0.15) is 6.92 Å². The van der Waals surface area contributed by atoms with E-state index in [-0.39, 0.29) is 16.9 Å². The molecule has 4 rings (SSSR count). The first-order valence-electron chi connectivity index (χ1n) is 7.18. The van der Waals surface area contributed by atoms with E-state index in [2.05, 4.69) is 15.3 Å². The smallest absolute Gasteiger partial charge is 0.280 e. The van der Waals surface area contributed by atoms with Crippen molar-refractivity contribution in [2.24, 2.45) is 0 Å². The first-order chi connectivity index (χ1) is 11.2. The third-order valence-corrected chi connectivity index (χ3v) is 3.83. The van der Waals surface area contributed by atoms with E-state index in [4.69, 9.17) is 0 Å². The SMILES string of the molecule is CCn1ccc2c(nnc3c(-c4ccc(F)cc4)cnn32)c1=O. The molecule has 0 saturated heterocycles. The number of aryl methyl sites for hydroxylation is 1. The second-order valence-corrected chi connectivity index (χ2v) is 5.14. The highest BCUT2D eigenvalue weighted by Crippen LogP contribution is 2.24. The Labute approximate surface area is 129 Å². The van der Waals surface area contributed by atoms with E-state index in [9.17, 15) is 9.18 Å². The summed E-state index contributed by atoms with van der Waals surface area (Å²) in [5, 5.41) is 12.5. The van der Waals surface area contributed by atoms with Gasteiger partial charge < -0.3 is 4.57 Å². The van der Waals surface area contributed by atoms with Crippen molar-refractivity contribution in [2.75, 3.05) is 0 Å². The second-order valence-electron chi connectivity index (χ2n) is 5.14. The van der Waals surface area contributed by atoms with E-state index in [0.717, 1.165) is 11.1 Å². The van der Waals surface area contributed by atoms with E-state index >= 15 is 0 Å². The molecule has 0 aliphatic carbocycles. The van der Waals surface area contributed by atoms with Gasteiger partial charge in [-0.15, -0.1) is 10.2 Å². The van der Waals surface area contributed by atoms with Crippen LogP contribution in [0, 0.1) is 5.82 Å². The third-order valence-electron chi connectivity index (χ3n) is 3.83. The molecular formula is C16H12FN5O. The highest BCUT2D eigenvalue weighted by Gasteiger charge is 2.13.